The molecule has 0 spiro atoms. The molecule has 2 amide bonds. The summed E-state index contributed by atoms with van der Waals surface area (Å²) >= 11 is 4.51. The Bertz CT molecular complexity index is 533. The van der Waals surface area contributed by atoms with Crippen molar-refractivity contribution in [2.24, 2.45) is 0 Å². The SMILES string of the molecule is COCC(NC(=O)CN(C)C(=O)c1ccc(Br)s1)C(=O)O. The van der Waals surface area contributed by atoms with Crippen molar-refractivity contribution in [3.63, 3.8) is 0 Å². The van der Waals surface area contributed by atoms with E-state index in [4.69, 9.17) is 9.84 Å². The second-order valence-corrected chi connectivity index (χ2v) is 6.64. The number of methoxy groups -OCH3 is 1. The summed E-state index contributed by atoms with van der Waals surface area (Å²) in [4.78, 5) is 36.4. The van der Waals surface area contributed by atoms with E-state index >= 15 is 0 Å². The van der Waals surface area contributed by atoms with Crippen LogP contribution in [0.25, 0.3) is 0 Å². The number of ether oxygens (including phenoxy) is 1. The number of thiophene rings is 1. The van der Waals surface area contributed by atoms with Gasteiger partial charge in [-0.25, -0.2) is 4.79 Å². The fraction of sp³-hybridized carbons (Fsp3) is 0.417. The first-order valence-electron chi connectivity index (χ1n) is 5.87. The van der Waals surface area contributed by atoms with Crippen LogP contribution in [0.5, 0.6) is 0 Å². The van der Waals surface area contributed by atoms with E-state index < -0.39 is 17.9 Å². The molecule has 9 heteroatoms. The molecule has 2 N–H and O–H groups in total. The number of likely N-dealkylation sites (N-methyl/N-ethyl adjacent to an activating group) is 1. The maximum atomic E-state index is 12.0. The van der Waals surface area contributed by atoms with Gasteiger partial charge in [-0.1, -0.05) is 0 Å². The van der Waals surface area contributed by atoms with Gasteiger partial charge in [0.05, 0.1) is 21.8 Å². The molecule has 0 fully saturated rings. The van der Waals surface area contributed by atoms with Crippen LogP contribution >= 0.6 is 27.3 Å². The van der Waals surface area contributed by atoms with Crippen molar-refractivity contribution in [1.82, 2.24) is 10.2 Å². The maximum Gasteiger partial charge on any atom is 0.328 e. The lowest BCUT2D eigenvalue weighted by atomic mass is 10.3. The highest BCUT2D eigenvalue weighted by Gasteiger charge is 2.22. The average molecular weight is 379 g/mol. The predicted octanol–water partition coefficient (Wildman–Crippen LogP) is 0.798. The minimum atomic E-state index is -1.19. The fourth-order valence-electron chi connectivity index (χ4n) is 1.49. The van der Waals surface area contributed by atoms with E-state index in [0.717, 1.165) is 3.79 Å². The van der Waals surface area contributed by atoms with Crippen molar-refractivity contribution in [2.45, 2.75) is 6.04 Å². The molecule has 116 valence electrons. The van der Waals surface area contributed by atoms with E-state index in [1.807, 2.05) is 0 Å². The van der Waals surface area contributed by atoms with Crippen LogP contribution in [0.15, 0.2) is 15.9 Å². The summed E-state index contributed by atoms with van der Waals surface area (Å²) in [6.07, 6.45) is 0. The van der Waals surface area contributed by atoms with Gasteiger partial charge in [-0.3, -0.25) is 9.59 Å². The topological polar surface area (TPSA) is 95.9 Å². The second-order valence-electron chi connectivity index (χ2n) is 4.18. The highest BCUT2D eigenvalue weighted by Crippen LogP contribution is 2.22. The van der Waals surface area contributed by atoms with Crippen molar-refractivity contribution in [1.29, 1.82) is 0 Å². The number of carboxylic acids is 1. The van der Waals surface area contributed by atoms with E-state index in [2.05, 4.69) is 21.2 Å². The summed E-state index contributed by atoms with van der Waals surface area (Å²) in [6.45, 7) is -0.377. The summed E-state index contributed by atoms with van der Waals surface area (Å²) < 4.78 is 5.53. The molecule has 0 aliphatic heterocycles. The zero-order valence-corrected chi connectivity index (χ0v) is 13.9. The van der Waals surface area contributed by atoms with Crippen LogP contribution in [0.4, 0.5) is 0 Å². The molecule has 21 heavy (non-hydrogen) atoms. The molecule has 0 aliphatic carbocycles. The Labute approximate surface area is 134 Å². The van der Waals surface area contributed by atoms with Crippen LogP contribution < -0.4 is 5.32 Å². The van der Waals surface area contributed by atoms with E-state index in [0.29, 0.717) is 4.88 Å². The van der Waals surface area contributed by atoms with Gasteiger partial charge in [0.15, 0.2) is 6.04 Å². The number of carbonyl (C=O) groups is 3. The predicted molar refractivity (Wildman–Crippen MR) is 80.4 cm³/mol. The molecule has 0 bridgehead atoms. The van der Waals surface area contributed by atoms with Gasteiger partial charge in [-0.2, -0.15) is 0 Å². The van der Waals surface area contributed by atoms with Gasteiger partial charge in [0.1, 0.15) is 0 Å². The third-order valence-electron chi connectivity index (χ3n) is 2.48. The van der Waals surface area contributed by atoms with Crippen LogP contribution in [-0.2, 0) is 14.3 Å². The Hall–Kier alpha value is -1.45. The van der Waals surface area contributed by atoms with Crippen molar-refractivity contribution >= 4 is 45.1 Å². The first-order chi connectivity index (χ1) is 9.85. The van der Waals surface area contributed by atoms with E-state index in [9.17, 15) is 14.4 Å². The van der Waals surface area contributed by atoms with E-state index in [-0.39, 0.29) is 19.1 Å². The van der Waals surface area contributed by atoms with E-state index in [1.165, 1.54) is 30.4 Å². The number of nitrogens with one attached hydrogen (secondary N) is 1. The Morgan fingerprint density at radius 2 is 2.14 bits per heavy atom. The third kappa shape index (κ3) is 5.44. The van der Waals surface area contributed by atoms with Crippen molar-refractivity contribution in [3.8, 4) is 0 Å². The van der Waals surface area contributed by atoms with E-state index in [1.54, 1.807) is 12.1 Å². The first-order valence-corrected chi connectivity index (χ1v) is 7.48. The minimum Gasteiger partial charge on any atom is -0.480 e. The smallest absolute Gasteiger partial charge is 0.328 e. The molecule has 1 aromatic heterocycles. The van der Waals surface area contributed by atoms with Gasteiger partial charge in [0, 0.05) is 14.2 Å². The summed E-state index contributed by atoms with van der Waals surface area (Å²) in [6, 6.07) is 2.25. The van der Waals surface area contributed by atoms with Crippen LogP contribution in [0.3, 0.4) is 0 Å². The molecule has 0 aliphatic rings. The molecule has 0 aromatic carbocycles. The first kappa shape index (κ1) is 17.6. The monoisotopic (exact) mass is 378 g/mol. The Morgan fingerprint density at radius 1 is 1.48 bits per heavy atom. The summed E-state index contributed by atoms with van der Waals surface area (Å²) in [5.41, 5.74) is 0. The zero-order valence-electron chi connectivity index (χ0n) is 11.5. The van der Waals surface area contributed by atoms with Gasteiger partial charge < -0.3 is 20.1 Å². The lowest BCUT2D eigenvalue weighted by molar-refractivity contribution is -0.143. The number of amides is 2. The number of hydrogen-bond donors (Lipinski definition) is 2. The summed E-state index contributed by atoms with van der Waals surface area (Å²) in [7, 11) is 2.81. The number of carboxylic acid groups (broad SMARTS) is 1. The number of aliphatic carboxylic acids is 1. The lowest BCUT2D eigenvalue weighted by Gasteiger charge is -2.18. The lowest BCUT2D eigenvalue weighted by Crippen LogP contribution is -2.47. The number of halogens is 1. The Balaban J connectivity index is 2.57. The van der Waals surface area contributed by atoms with Gasteiger partial charge in [-0.05, 0) is 28.1 Å². The Kier molecular flexibility index (Phi) is 6.79. The average Bonchev–Trinajstić information content (AvgIpc) is 2.83. The molecule has 1 atom stereocenters. The van der Waals surface area contributed by atoms with Gasteiger partial charge in [0.25, 0.3) is 5.91 Å². The molecule has 0 radical (unpaired) electrons. The molecule has 7 nitrogen and oxygen atoms in total. The van der Waals surface area contributed by atoms with Crippen LogP contribution in [0.2, 0.25) is 0 Å². The largest absolute Gasteiger partial charge is 0.480 e. The van der Waals surface area contributed by atoms with Crippen molar-refractivity contribution < 1.29 is 24.2 Å². The van der Waals surface area contributed by atoms with Crippen LogP contribution in [0.1, 0.15) is 9.67 Å². The molecule has 0 saturated carbocycles. The molecular formula is C12H15BrN2O5S. The van der Waals surface area contributed by atoms with Crippen molar-refractivity contribution in [2.75, 3.05) is 27.3 Å². The highest BCUT2D eigenvalue weighted by molar-refractivity contribution is 9.11. The zero-order chi connectivity index (χ0) is 16.0. The fourth-order valence-corrected chi connectivity index (χ4v) is 2.87. The molecule has 0 saturated heterocycles. The number of carbonyl (C=O) groups excluding carboxylic acids is 2. The number of rotatable bonds is 7. The molecule has 1 aromatic rings. The summed E-state index contributed by atoms with van der Waals surface area (Å²) in [5.74, 6) is -2.06. The van der Waals surface area contributed by atoms with Gasteiger partial charge in [-0.15, -0.1) is 11.3 Å². The molecule has 1 heterocycles. The molecular weight excluding hydrogens is 364 g/mol. The molecule has 1 rings (SSSR count). The highest BCUT2D eigenvalue weighted by atomic mass is 79.9. The second kappa shape index (κ2) is 8.11. The number of hydrogen-bond acceptors (Lipinski definition) is 5. The molecule has 1 unspecified atom stereocenters. The minimum absolute atomic E-state index is 0.142. The third-order valence-corrected chi connectivity index (χ3v) is 4.09. The van der Waals surface area contributed by atoms with Crippen LogP contribution in [-0.4, -0.2) is 61.1 Å². The Morgan fingerprint density at radius 3 is 2.62 bits per heavy atom. The summed E-state index contributed by atoms with van der Waals surface area (Å²) in [5, 5.41) is 11.2. The van der Waals surface area contributed by atoms with Gasteiger partial charge in [0.2, 0.25) is 5.91 Å². The number of nitrogens with zero attached hydrogens (tertiary/aromatic N) is 1. The normalized spacial score (nSPS) is 11.8. The quantitative estimate of drug-likeness (QED) is 0.731. The standard InChI is InChI=1S/C12H15BrN2O5S/c1-15(11(17)8-3-4-9(13)21-8)5-10(16)14-7(6-20-2)12(18)19/h3-4,7H,5-6H2,1-2H3,(H,14,16)(H,18,19). The van der Waals surface area contributed by atoms with Gasteiger partial charge >= 0.3 is 5.97 Å². The maximum absolute atomic E-state index is 12.0. The van der Waals surface area contributed by atoms with Crippen LogP contribution in [0, 0.1) is 0 Å². The van der Waals surface area contributed by atoms with Crippen molar-refractivity contribution in [3.05, 3.63) is 20.8 Å².